The van der Waals surface area contributed by atoms with Gasteiger partial charge in [-0.15, -0.1) is 0 Å². The number of likely N-dealkylation sites (tertiary alicyclic amines) is 1. The smallest absolute Gasteiger partial charge is 0.475 e. The minimum atomic E-state index is -1.73. The molecule has 0 bridgehead atoms. The van der Waals surface area contributed by atoms with Gasteiger partial charge in [0.05, 0.1) is 32.1 Å². The molecule has 2 fully saturated rings. The van der Waals surface area contributed by atoms with Crippen molar-refractivity contribution in [1.29, 1.82) is 0 Å². The standard InChI is InChI=1S/C33H57BN8O14.Lu/c1-21(2)30(31(51)36-22(3)32(52)42-8-4-5-24(42)34(55)56)37-26(44)17-35-25(43)7-6-23(33(53)54)41-15-13-39(19-28(47)48)11-9-38(18-27(45)46)10-12-40(14-16-41)20-29(49)50;/h21-24,30,55-56H,4-20H2,1-3H3,(H,35,43)(H,36,51)(H,37,44)(H,45,46)(H,47,48)(H,49,50)(H,53,54);/t22-,23-,24+,30+;/m1./s1. The summed E-state index contributed by atoms with van der Waals surface area (Å²) in [5.41, 5.74) is 0. The fourth-order valence-electron chi connectivity index (χ4n) is 6.66. The van der Waals surface area contributed by atoms with Gasteiger partial charge in [-0.25, -0.2) is 0 Å². The second-order valence-electron chi connectivity index (χ2n) is 14.4. The molecule has 4 amide bonds. The third-order valence-corrected chi connectivity index (χ3v) is 9.69. The first-order valence-electron chi connectivity index (χ1n) is 18.6. The van der Waals surface area contributed by atoms with E-state index in [1.807, 2.05) is 0 Å². The van der Waals surface area contributed by atoms with Crippen molar-refractivity contribution in [2.24, 2.45) is 5.92 Å². The van der Waals surface area contributed by atoms with Crippen LogP contribution in [0.5, 0.6) is 0 Å². The van der Waals surface area contributed by atoms with E-state index in [-0.39, 0.29) is 109 Å². The normalized spacial score (nSPS) is 19.5. The summed E-state index contributed by atoms with van der Waals surface area (Å²) >= 11 is 0. The zero-order valence-corrected chi connectivity index (χ0v) is 34.1. The van der Waals surface area contributed by atoms with E-state index in [9.17, 15) is 68.8 Å². The summed E-state index contributed by atoms with van der Waals surface area (Å²) in [6, 6.07) is -3.39. The van der Waals surface area contributed by atoms with Crippen LogP contribution in [-0.2, 0) is 38.4 Å². The van der Waals surface area contributed by atoms with Crippen LogP contribution in [0.2, 0.25) is 0 Å². The van der Waals surface area contributed by atoms with E-state index in [1.54, 1.807) is 28.5 Å². The Balaban J connectivity index is 0.0000162. The summed E-state index contributed by atoms with van der Waals surface area (Å²) in [6.07, 6.45) is 0.407. The van der Waals surface area contributed by atoms with Crippen molar-refractivity contribution in [2.75, 3.05) is 85.1 Å². The Morgan fingerprint density at radius 3 is 1.58 bits per heavy atom. The van der Waals surface area contributed by atoms with Crippen LogP contribution in [0.3, 0.4) is 0 Å². The number of amides is 4. The maximum absolute atomic E-state index is 13.1. The van der Waals surface area contributed by atoms with E-state index in [0.717, 1.165) is 0 Å². The number of carbonyl (C=O) groups is 8. The summed E-state index contributed by atoms with van der Waals surface area (Å²) in [6.45, 7) is 4.17. The van der Waals surface area contributed by atoms with Crippen molar-refractivity contribution in [1.82, 2.24) is 40.4 Å². The van der Waals surface area contributed by atoms with Crippen LogP contribution in [0, 0.1) is 42.8 Å². The topological polar surface area (TPSA) is 310 Å². The van der Waals surface area contributed by atoms with Gasteiger partial charge < -0.3 is 51.3 Å². The van der Waals surface area contributed by atoms with Gasteiger partial charge in [0.1, 0.15) is 18.1 Å². The summed E-state index contributed by atoms with van der Waals surface area (Å²) in [5, 5.41) is 65.1. The van der Waals surface area contributed by atoms with E-state index in [4.69, 9.17) is 0 Å². The Morgan fingerprint density at radius 2 is 1.16 bits per heavy atom. The molecule has 1 radical (unpaired) electrons. The summed E-state index contributed by atoms with van der Waals surface area (Å²) < 4.78 is 0. The van der Waals surface area contributed by atoms with Crippen molar-refractivity contribution >= 4 is 54.6 Å². The maximum atomic E-state index is 13.1. The second-order valence-corrected chi connectivity index (χ2v) is 14.4. The quantitative estimate of drug-likeness (QED) is 0.0551. The van der Waals surface area contributed by atoms with Crippen LogP contribution in [0.4, 0.5) is 0 Å². The molecule has 0 saturated carbocycles. The van der Waals surface area contributed by atoms with Gasteiger partial charge in [0.15, 0.2) is 0 Å². The molecule has 0 aliphatic carbocycles. The second kappa shape index (κ2) is 26.0. The van der Waals surface area contributed by atoms with Gasteiger partial charge in [0.2, 0.25) is 23.6 Å². The average Bonchev–Trinajstić information content (AvgIpc) is 3.60. The van der Waals surface area contributed by atoms with Crippen molar-refractivity contribution in [3.8, 4) is 0 Å². The largest absolute Gasteiger partial charge is 0.480 e. The summed E-state index contributed by atoms with van der Waals surface area (Å²) in [4.78, 5) is 106. The van der Waals surface area contributed by atoms with Gasteiger partial charge in [-0.3, -0.25) is 58.0 Å². The predicted octanol–water partition coefficient (Wildman–Crippen LogP) is -4.54. The fraction of sp³-hybridized carbons (Fsp3) is 0.758. The van der Waals surface area contributed by atoms with E-state index in [1.165, 1.54) is 16.7 Å². The molecule has 0 aromatic heterocycles. The zero-order valence-electron chi connectivity index (χ0n) is 32.4. The summed E-state index contributed by atoms with van der Waals surface area (Å²) in [7, 11) is -1.73. The Labute approximate surface area is 360 Å². The molecule has 0 unspecified atom stereocenters. The Kier molecular flexibility index (Phi) is 23.7. The first-order chi connectivity index (χ1) is 26.3. The number of aliphatic carboxylic acids is 4. The first-order valence-corrected chi connectivity index (χ1v) is 18.6. The number of rotatable bonds is 19. The number of nitrogens with one attached hydrogen (secondary N) is 3. The van der Waals surface area contributed by atoms with Gasteiger partial charge in [0.25, 0.3) is 0 Å². The monoisotopic (exact) mass is 975 g/mol. The minimum Gasteiger partial charge on any atom is -0.480 e. The van der Waals surface area contributed by atoms with E-state index < -0.39 is 104 Å². The molecule has 0 aromatic rings. The predicted molar refractivity (Wildman–Crippen MR) is 197 cm³/mol. The zero-order chi connectivity index (χ0) is 42.1. The number of carboxylic acids is 4. The number of nitrogens with zero attached hydrogens (tertiary/aromatic N) is 5. The van der Waals surface area contributed by atoms with Crippen LogP contribution in [0.15, 0.2) is 0 Å². The van der Waals surface area contributed by atoms with Gasteiger partial charge in [-0.05, 0) is 32.1 Å². The van der Waals surface area contributed by atoms with Crippen molar-refractivity contribution < 1.29 is 106 Å². The van der Waals surface area contributed by atoms with E-state index in [0.29, 0.717) is 19.4 Å². The molecule has 9 N–H and O–H groups in total. The number of hydrogen-bond acceptors (Lipinski definition) is 14. The molecule has 0 aromatic carbocycles. The molecule has 22 nitrogen and oxygen atoms in total. The summed E-state index contributed by atoms with van der Waals surface area (Å²) in [5.74, 6) is -8.48. The third-order valence-electron chi connectivity index (χ3n) is 9.69. The van der Waals surface area contributed by atoms with Gasteiger partial charge in [-0.2, -0.15) is 0 Å². The fourth-order valence-corrected chi connectivity index (χ4v) is 6.66. The third kappa shape index (κ3) is 19.0. The Hall–Kier alpha value is -3.18. The van der Waals surface area contributed by atoms with Crippen LogP contribution in [0.1, 0.15) is 46.5 Å². The number of carboxylic acid groups (broad SMARTS) is 4. The molecular weight excluding hydrogens is 918 g/mol. The Bertz CT molecular complexity index is 1370. The SMILES string of the molecule is CC(C)[C@H](NC(=O)CNC(=O)CC[C@H](C(=O)O)N1CCN(CC(=O)O)CCN(CC(=O)O)CCN(CC(=O)O)CC1)C(=O)N[C@H](C)C(=O)N1CCC[C@H]1B(O)O.[Lu]. The molecule has 331 valence electrons. The molecule has 2 aliphatic rings. The minimum absolute atomic E-state index is 0. The molecule has 0 spiro atoms. The molecule has 2 saturated heterocycles. The molecule has 57 heavy (non-hydrogen) atoms. The molecule has 2 heterocycles. The number of hydrogen-bond donors (Lipinski definition) is 9. The molecule has 2 rings (SSSR count). The molecule has 4 atom stereocenters. The van der Waals surface area contributed by atoms with E-state index >= 15 is 0 Å². The molecule has 2 aliphatic heterocycles. The van der Waals surface area contributed by atoms with E-state index in [2.05, 4.69) is 16.0 Å². The Morgan fingerprint density at radius 1 is 0.684 bits per heavy atom. The van der Waals surface area contributed by atoms with Gasteiger partial charge in [-0.1, -0.05) is 13.8 Å². The van der Waals surface area contributed by atoms with Crippen molar-refractivity contribution in [3.05, 3.63) is 0 Å². The van der Waals surface area contributed by atoms with Crippen molar-refractivity contribution in [3.63, 3.8) is 0 Å². The molecule has 24 heteroatoms. The van der Waals surface area contributed by atoms with Crippen LogP contribution >= 0.6 is 0 Å². The molecular formula is C33H57BLuN8O14. The maximum Gasteiger partial charge on any atom is 0.475 e. The number of carbonyl (C=O) groups excluding carboxylic acids is 4. The van der Waals surface area contributed by atoms with Crippen LogP contribution < -0.4 is 16.0 Å². The first kappa shape index (κ1) is 51.8. The van der Waals surface area contributed by atoms with Gasteiger partial charge in [0, 0.05) is 102 Å². The average molecular weight is 976 g/mol. The van der Waals surface area contributed by atoms with Crippen LogP contribution in [-0.4, -0.2) is 219 Å². The van der Waals surface area contributed by atoms with Crippen LogP contribution in [0.25, 0.3) is 0 Å². The van der Waals surface area contributed by atoms with Crippen molar-refractivity contribution in [2.45, 2.75) is 70.5 Å². The van der Waals surface area contributed by atoms with Gasteiger partial charge >= 0.3 is 31.0 Å².